The molecule has 0 aliphatic carbocycles. The summed E-state index contributed by atoms with van der Waals surface area (Å²) in [6.07, 6.45) is 1.67. The second-order valence-corrected chi connectivity index (χ2v) is 3.71. The molecule has 0 bridgehead atoms. The summed E-state index contributed by atoms with van der Waals surface area (Å²) in [5, 5.41) is 8.64. The van der Waals surface area contributed by atoms with Crippen molar-refractivity contribution in [2.75, 3.05) is 6.54 Å². The number of nitrogens with two attached hydrogens (primary N) is 1. The lowest BCUT2D eigenvalue weighted by atomic mass is 10.1. The van der Waals surface area contributed by atoms with Crippen molar-refractivity contribution in [3.05, 3.63) is 0 Å². The Kier molecular flexibility index (Phi) is 3.46. The number of hydrogen-bond acceptors (Lipinski definition) is 3. The molecule has 1 amide bonds. The molecule has 1 aliphatic rings. The molecule has 0 aromatic carbocycles. The molecule has 1 saturated heterocycles. The van der Waals surface area contributed by atoms with Gasteiger partial charge in [-0.15, -0.1) is 0 Å². The van der Waals surface area contributed by atoms with Crippen LogP contribution in [0.3, 0.4) is 0 Å². The molecule has 5 nitrogen and oxygen atoms in total. The number of likely N-dealkylation sites (tertiary alicyclic amines) is 1. The fourth-order valence-electron chi connectivity index (χ4n) is 1.80. The molecule has 0 spiro atoms. The zero-order valence-electron chi connectivity index (χ0n) is 8.27. The first-order valence-electron chi connectivity index (χ1n) is 4.80. The molecule has 0 aromatic heterocycles. The Hall–Kier alpha value is -1.10. The van der Waals surface area contributed by atoms with Crippen LogP contribution in [0.4, 0.5) is 0 Å². The Balaban J connectivity index is 2.59. The van der Waals surface area contributed by atoms with Crippen molar-refractivity contribution in [2.24, 2.45) is 5.73 Å². The summed E-state index contributed by atoms with van der Waals surface area (Å²) >= 11 is 0. The van der Waals surface area contributed by atoms with E-state index in [-0.39, 0.29) is 18.4 Å². The molecule has 80 valence electrons. The van der Waals surface area contributed by atoms with Gasteiger partial charge in [-0.3, -0.25) is 9.59 Å². The highest BCUT2D eigenvalue weighted by Crippen LogP contribution is 2.20. The number of amides is 1. The van der Waals surface area contributed by atoms with Gasteiger partial charge in [0.2, 0.25) is 5.91 Å². The first kappa shape index (κ1) is 11.0. The fraction of sp³-hybridized carbons (Fsp3) is 0.778. The molecular formula is C9H16N2O3. The summed E-state index contributed by atoms with van der Waals surface area (Å²) in [6, 6.07) is -0.699. The van der Waals surface area contributed by atoms with Crippen LogP contribution in [0.25, 0.3) is 0 Å². The lowest BCUT2D eigenvalue weighted by Crippen LogP contribution is -2.45. The summed E-state index contributed by atoms with van der Waals surface area (Å²) in [5.41, 5.74) is 5.47. The van der Waals surface area contributed by atoms with Gasteiger partial charge >= 0.3 is 5.97 Å². The van der Waals surface area contributed by atoms with Gasteiger partial charge in [-0.05, 0) is 19.8 Å². The fourth-order valence-corrected chi connectivity index (χ4v) is 1.80. The number of carbonyl (C=O) groups is 2. The molecule has 0 aromatic rings. The minimum absolute atomic E-state index is 0.0263. The standard InChI is InChI=1S/C9H16N2O3/c1-6(10)9(14)11-4-2-3-7(11)5-8(12)13/h6-7H,2-5,10H2,1H3,(H,12,13). The normalized spacial score (nSPS) is 23.6. The lowest BCUT2D eigenvalue weighted by molar-refractivity contribution is -0.140. The maximum absolute atomic E-state index is 11.5. The third-order valence-electron chi connectivity index (χ3n) is 2.46. The average Bonchev–Trinajstić information content (AvgIpc) is 2.49. The molecule has 2 unspecified atom stereocenters. The number of aliphatic carboxylic acids is 1. The van der Waals surface area contributed by atoms with E-state index < -0.39 is 12.0 Å². The number of rotatable bonds is 3. The molecule has 2 atom stereocenters. The predicted octanol–water partition coefficient (Wildman–Crippen LogP) is -0.201. The van der Waals surface area contributed by atoms with Crippen molar-refractivity contribution in [3.63, 3.8) is 0 Å². The van der Waals surface area contributed by atoms with Crippen molar-refractivity contribution in [3.8, 4) is 0 Å². The van der Waals surface area contributed by atoms with Crippen LogP contribution in [0.15, 0.2) is 0 Å². The number of nitrogens with zero attached hydrogens (tertiary/aromatic N) is 1. The second-order valence-electron chi connectivity index (χ2n) is 3.71. The summed E-state index contributed by atoms with van der Waals surface area (Å²) in [5.74, 6) is -1.01. The number of carboxylic acids is 1. The molecule has 1 fully saturated rings. The zero-order chi connectivity index (χ0) is 10.7. The number of hydrogen-bond donors (Lipinski definition) is 2. The largest absolute Gasteiger partial charge is 0.481 e. The van der Waals surface area contributed by atoms with Gasteiger partial charge < -0.3 is 15.7 Å². The molecule has 0 radical (unpaired) electrons. The van der Waals surface area contributed by atoms with Crippen molar-refractivity contribution < 1.29 is 14.7 Å². The van der Waals surface area contributed by atoms with Gasteiger partial charge in [-0.25, -0.2) is 0 Å². The molecule has 5 heteroatoms. The second kappa shape index (κ2) is 4.41. The minimum atomic E-state index is -0.862. The maximum atomic E-state index is 11.5. The van der Waals surface area contributed by atoms with Crippen LogP contribution in [-0.4, -0.2) is 40.5 Å². The van der Waals surface area contributed by atoms with Gasteiger partial charge in [0.15, 0.2) is 0 Å². The number of carboxylic acid groups (broad SMARTS) is 1. The predicted molar refractivity (Wildman–Crippen MR) is 50.6 cm³/mol. The van der Waals surface area contributed by atoms with Crippen LogP contribution in [0.5, 0.6) is 0 Å². The van der Waals surface area contributed by atoms with Crippen LogP contribution in [0.1, 0.15) is 26.2 Å². The maximum Gasteiger partial charge on any atom is 0.305 e. The van der Waals surface area contributed by atoms with E-state index in [4.69, 9.17) is 10.8 Å². The van der Waals surface area contributed by atoms with E-state index in [2.05, 4.69) is 0 Å². The zero-order valence-corrected chi connectivity index (χ0v) is 8.27. The van der Waals surface area contributed by atoms with Crippen LogP contribution in [0.2, 0.25) is 0 Å². The molecule has 0 saturated carbocycles. The van der Waals surface area contributed by atoms with Gasteiger partial charge in [-0.2, -0.15) is 0 Å². The highest BCUT2D eigenvalue weighted by atomic mass is 16.4. The monoisotopic (exact) mass is 200 g/mol. The van der Waals surface area contributed by atoms with Crippen LogP contribution < -0.4 is 5.73 Å². The van der Waals surface area contributed by atoms with Gasteiger partial charge in [-0.1, -0.05) is 0 Å². The highest BCUT2D eigenvalue weighted by molar-refractivity contribution is 5.82. The van der Waals surface area contributed by atoms with Gasteiger partial charge in [0.05, 0.1) is 12.5 Å². The van der Waals surface area contributed by atoms with E-state index in [1.807, 2.05) is 0 Å². The van der Waals surface area contributed by atoms with Crippen LogP contribution in [-0.2, 0) is 9.59 Å². The molecule has 1 aliphatic heterocycles. The molecule has 1 rings (SSSR count). The smallest absolute Gasteiger partial charge is 0.305 e. The highest BCUT2D eigenvalue weighted by Gasteiger charge is 2.31. The Bertz CT molecular complexity index is 240. The topological polar surface area (TPSA) is 83.6 Å². The van der Waals surface area contributed by atoms with Gasteiger partial charge in [0.1, 0.15) is 0 Å². The van der Waals surface area contributed by atoms with E-state index >= 15 is 0 Å². The average molecular weight is 200 g/mol. The molecule has 1 heterocycles. The van der Waals surface area contributed by atoms with E-state index in [0.29, 0.717) is 6.54 Å². The quantitative estimate of drug-likeness (QED) is 0.660. The molecule has 3 N–H and O–H groups in total. The first-order valence-corrected chi connectivity index (χ1v) is 4.80. The summed E-state index contributed by atoms with van der Waals surface area (Å²) < 4.78 is 0. The summed E-state index contributed by atoms with van der Waals surface area (Å²) in [7, 11) is 0. The van der Waals surface area contributed by atoms with Crippen molar-refractivity contribution in [1.82, 2.24) is 4.90 Å². The van der Waals surface area contributed by atoms with E-state index in [1.165, 1.54) is 0 Å². The number of carbonyl (C=O) groups excluding carboxylic acids is 1. The molecular weight excluding hydrogens is 184 g/mol. The summed E-state index contributed by atoms with van der Waals surface area (Å²) in [6.45, 7) is 2.26. The van der Waals surface area contributed by atoms with Crippen LogP contribution in [0, 0.1) is 0 Å². The van der Waals surface area contributed by atoms with Crippen molar-refractivity contribution in [2.45, 2.75) is 38.3 Å². The third kappa shape index (κ3) is 2.45. The Morgan fingerprint density at radius 3 is 2.79 bits per heavy atom. The van der Waals surface area contributed by atoms with Gasteiger partial charge in [0.25, 0.3) is 0 Å². The SMILES string of the molecule is CC(N)C(=O)N1CCCC1CC(=O)O. The van der Waals surface area contributed by atoms with Crippen LogP contribution >= 0.6 is 0 Å². The van der Waals surface area contributed by atoms with E-state index in [0.717, 1.165) is 12.8 Å². The summed E-state index contributed by atoms with van der Waals surface area (Å²) in [4.78, 5) is 23.7. The molecule has 14 heavy (non-hydrogen) atoms. The Morgan fingerprint density at radius 2 is 2.29 bits per heavy atom. The lowest BCUT2D eigenvalue weighted by Gasteiger charge is -2.25. The third-order valence-corrected chi connectivity index (χ3v) is 2.46. The Labute approximate surface area is 82.9 Å². The van der Waals surface area contributed by atoms with Crippen molar-refractivity contribution >= 4 is 11.9 Å². The van der Waals surface area contributed by atoms with Gasteiger partial charge in [0, 0.05) is 12.6 Å². The van der Waals surface area contributed by atoms with E-state index in [9.17, 15) is 9.59 Å². The first-order chi connectivity index (χ1) is 6.52. The van der Waals surface area contributed by atoms with Crippen molar-refractivity contribution in [1.29, 1.82) is 0 Å². The Morgan fingerprint density at radius 1 is 1.64 bits per heavy atom. The van der Waals surface area contributed by atoms with E-state index in [1.54, 1.807) is 11.8 Å². The minimum Gasteiger partial charge on any atom is -0.481 e.